The van der Waals surface area contributed by atoms with Crippen molar-refractivity contribution in [3.05, 3.63) is 81.2 Å². The number of anilines is 1. The highest BCUT2D eigenvalue weighted by molar-refractivity contribution is 6.35. The molecule has 8 heteroatoms. The number of rotatable bonds is 7. The van der Waals surface area contributed by atoms with E-state index in [1.807, 2.05) is 18.2 Å². The van der Waals surface area contributed by atoms with Crippen LogP contribution in [-0.4, -0.2) is 26.5 Å². The summed E-state index contributed by atoms with van der Waals surface area (Å²) in [4.78, 5) is 4.53. The van der Waals surface area contributed by atoms with Crippen LogP contribution in [0.1, 0.15) is 74.4 Å². The first-order valence-corrected chi connectivity index (χ1v) is 14.4. The maximum atomic E-state index is 9.83. The molecule has 0 spiro atoms. The van der Waals surface area contributed by atoms with E-state index in [9.17, 15) is 5.26 Å². The SMILES string of the molecule is CC(C)(C)CNc1c(C#N)cnc2c(Cl)cc(CC(c3ccc(Cl)cc3)c3cn(C4C5CCCC54)nn3)cc12. The van der Waals surface area contributed by atoms with E-state index in [1.165, 1.54) is 19.3 Å². The van der Waals surface area contributed by atoms with Crippen molar-refractivity contribution in [2.75, 3.05) is 11.9 Å². The Hall–Kier alpha value is -3.14. The van der Waals surface area contributed by atoms with Crippen molar-refractivity contribution in [3.63, 3.8) is 0 Å². The van der Waals surface area contributed by atoms with Gasteiger partial charge in [0.2, 0.25) is 0 Å². The largest absolute Gasteiger partial charge is 0.383 e. The Labute approximate surface area is 239 Å². The zero-order valence-corrected chi connectivity index (χ0v) is 24.0. The fourth-order valence-electron chi connectivity index (χ4n) is 6.16. The number of benzene rings is 2. The first kappa shape index (κ1) is 26.1. The Morgan fingerprint density at radius 3 is 2.56 bits per heavy atom. The lowest BCUT2D eigenvalue weighted by molar-refractivity contribution is 0.443. The first-order chi connectivity index (χ1) is 18.7. The highest BCUT2D eigenvalue weighted by Crippen LogP contribution is 2.60. The van der Waals surface area contributed by atoms with Crippen molar-refractivity contribution in [2.45, 2.75) is 58.4 Å². The zero-order valence-electron chi connectivity index (χ0n) is 22.5. The molecule has 0 bridgehead atoms. The van der Waals surface area contributed by atoms with Crippen molar-refractivity contribution in [1.82, 2.24) is 20.0 Å². The van der Waals surface area contributed by atoms with E-state index in [1.54, 1.807) is 6.20 Å². The fourth-order valence-corrected chi connectivity index (χ4v) is 6.57. The number of halogens is 2. The van der Waals surface area contributed by atoms with Crippen LogP contribution in [-0.2, 0) is 6.42 Å². The van der Waals surface area contributed by atoms with E-state index in [0.29, 0.717) is 40.1 Å². The Balaban J connectivity index is 1.38. The Bertz CT molecular complexity index is 1550. The summed E-state index contributed by atoms with van der Waals surface area (Å²) >= 11 is 13.0. The summed E-state index contributed by atoms with van der Waals surface area (Å²) in [5.74, 6) is 1.49. The van der Waals surface area contributed by atoms with Gasteiger partial charge >= 0.3 is 0 Å². The van der Waals surface area contributed by atoms with Crippen molar-refractivity contribution in [2.24, 2.45) is 17.3 Å². The molecule has 3 atom stereocenters. The van der Waals surface area contributed by atoms with Crippen LogP contribution in [0.4, 0.5) is 5.69 Å². The zero-order chi connectivity index (χ0) is 27.3. The number of hydrogen-bond acceptors (Lipinski definition) is 5. The molecule has 2 heterocycles. The monoisotopic (exact) mass is 558 g/mol. The molecule has 4 aromatic rings. The van der Waals surface area contributed by atoms with Crippen LogP contribution in [0.25, 0.3) is 10.9 Å². The minimum absolute atomic E-state index is 0.0267. The number of nitrogens with zero attached hydrogens (tertiary/aromatic N) is 5. The predicted octanol–water partition coefficient (Wildman–Crippen LogP) is 7.81. The topological polar surface area (TPSA) is 79.4 Å². The molecule has 1 N–H and O–H groups in total. The van der Waals surface area contributed by atoms with E-state index in [4.69, 9.17) is 23.2 Å². The molecule has 0 radical (unpaired) electrons. The van der Waals surface area contributed by atoms with Gasteiger partial charge in [-0.3, -0.25) is 4.98 Å². The third-order valence-corrected chi connectivity index (χ3v) is 8.70. The van der Waals surface area contributed by atoms with Crippen molar-refractivity contribution in [1.29, 1.82) is 5.26 Å². The maximum Gasteiger partial charge on any atom is 0.103 e. The first-order valence-electron chi connectivity index (χ1n) is 13.6. The highest BCUT2D eigenvalue weighted by Gasteiger charge is 2.54. The molecule has 2 aromatic heterocycles. The smallest absolute Gasteiger partial charge is 0.103 e. The predicted molar refractivity (Wildman–Crippen MR) is 156 cm³/mol. The van der Waals surface area contributed by atoms with Gasteiger partial charge in [0.25, 0.3) is 0 Å². The summed E-state index contributed by atoms with van der Waals surface area (Å²) in [5.41, 5.74) is 5.10. The fraction of sp³-hybridized carbons (Fsp3) is 0.419. The second-order valence-electron chi connectivity index (χ2n) is 12.2. The van der Waals surface area contributed by atoms with Gasteiger partial charge in [-0.25, -0.2) is 4.68 Å². The molecule has 200 valence electrons. The van der Waals surface area contributed by atoms with E-state index in [-0.39, 0.29) is 11.3 Å². The van der Waals surface area contributed by atoms with Crippen LogP contribution in [0.3, 0.4) is 0 Å². The van der Waals surface area contributed by atoms with Crippen LogP contribution < -0.4 is 5.32 Å². The molecule has 2 saturated carbocycles. The van der Waals surface area contributed by atoms with Crippen LogP contribution in [0.2, 0.25) is 10.0 Å². The van der Waals surface area contributed by atoms with Crippen LogP contribution in [0, 0.1) is 28.6 Å². The van der Waals surface area contributed by atoms with Gasteiger partial charge in [0.15, 0.2) is 0 Å². The Morgan fingerprint density at radius 2 is 1.87 bits per heavy atom. The molecule has 0 amide bonds. The Morgan fingerprint density at radius 1 is 1.13 bits per heavy atom. The van der Waals surface area contributed by atoms with E-state index in [0.717, 1.165) is 39.7 Å². The lowest BCUT2D eigenvalue weighted by Gasteiger charge is -2.22. The van der Waals surface area contributed by atoms with Gasteiger partial charge in [-0.15, -0.1) is 5.10 Å². The van der Waals surface area contributed by atoms with Gasteiger partial charge in [0.05, 0.1) is 33.5 Å². The summed E-state index contributed by atoms with van der Waals surface area (Å²) < 4.78 is 2.09. The second kappa shape index (κ2) is 10.1. The molecule has 2 fully saturated rings. The number of fused-ring (bicyclic) bond motifs is 2. The summed E-state index contributed by atoms with van der Waals surface area (Å²) in [6.45, 7) is 7.19. The average Bonchev–Trinajstić information content (AvgIpc) is 3.24. The van der Waals surface area contributed by atoms with E-state index >= 15 is 0 Å². The van der Waals surface area contributed by atoms with Crippen molar-refractivity contribution >= 4 is 39.8 Å². The van der Waals surface area contributed by atoms with Gasteiger partial charge in [0.1, 0.15) is 6.07 Å². The number of hydrogen-bond donors (Lipinski definition) is 1. The minimum Gasteiger partial charge on any atom is -0.383 e. The summed E-state index contributed by atoms with van der Waals surface area (Å²) in [7, 11) is 0. The number of pyridine rings is 1. The van der Waals surface area contributed by atoms with Gasteiger partial charge < -0.3 is 5.32 Å². The second-order valence-corrected chi connectivity index (χ2v) is 13.1. The molecule has 2 aliphatic carbocycles. The van der Waals surface area contributed by atoms with Gasteiger partial charge in [-0.2, -0.15) is 5.26 Å². The molecular formula is C31H32Cl2N6. The number of nitrogens with one attached hydrogen (secondary N) is 1. The van der Waals surface area contributed by atoms with Crippen molar-refractivity contribution in [3.8, 4) is 6.07 Å². The minimum atomic E-state index is -0.0267. The number of aromatic nitrogens is 4. The molecule has 0 aliphatic heterocycles. The third kappa shape index (κ3) is 5.23. The number of nitriles is 1. The van der Waals surface area contributed by atoms with Gasteiger partial charge in [-0.05, 0) is 71.9 Å². The molecule has 3 unspecified atom stereocenters. The van der Waals surface area contributed by atoms with Crippen LogP contribution in [0.15, 0.2) is 48.8 Å². The molecule has 6 nitrogen and oxygen atoms in total. The van der Waals surface area contributed by atoms with Crippen molar-refractivity contribution < 1.29 is 0 Å². The van der Waals surface area contributed by atoms with Crippen LogP contribution in [0.5, 0.6) is 0 Å². The lowest BCUT2D eigenvalue weighted by atomic mass is 9.89. The van der Waals surface area contributed by atoms with E-state index < -0.39 is 0 Å². The average molecular weight is 560 g/mol. The molecule has 0 saturated heterocycles. The standard InChI is InChI=1S/C31H32Cl2N6/c1-31(2,3)17-36-28-20(14-34)15-35-29-25(28)12-18(13-26(29)33)11-24(19-7-9-21(32)10-8-19)27-16-39(38-37-27)30-22-5-4-6-23(22)30/h7-10,12-13,15-16,22-24,30H,4-6,11,17H2,1-3H3,(H,35,36). The van der Waals surface area contributed by atoms with E-state index in [2.05, 4.69) is 76.5 Å². The molecular weight excluding hydrogens is 527 g/mol. The molecule has 39 heavy (non-hydrogen) atoms. The van der Waals surface area contributed by atoms with Crippen LogP contribution >= 0.6 is 23.2 Å². The maximum absolute atomic E-state index is 9.83. The lowest BCUT2D eigenvalue weighted by Crippen LogP contribution is -2.19. The summed E-state index contributed by atoms with van der Waals surface area (Å²) in [6, 6.07) is 14.8. The quantitative estimate of drug-likeness (QED) is 0.250. The highest BCUT2D eigenvalue weighted by atomic mass is 35.5. The van der Waals surface area contributed by atoms with Gasteiger partial charge in [0, 0.05) is 35.3 Å². The molecule has 2 aromatic carbocycles. The van der Waals surface area contributed by atoms with Gasteiger partial charge in [-0.1, -0.05) is 67.7 Å². The summed E-state index contributed by atoms with van der Waals surface area (Å²) in [6.07, 6.45) is 8.33. The normalized spacial score (nSPS) is 21.0. The third-order valence-electron chi connectivity index (χ3n) is 8.16. The summed E-state index contributed by atoms with van der Waals surface area (Å²) in [5, 5.41) is 24.7. The Kier molecular flexibility index (Phi) is 6.77. The molecule has 6 rings (SSSR count). The molecule has 2 aliphatic rings.